The first-order valence-electron chi connectivity index (χ1n) is 13.5. The van der Waals surface area contributed by atoms with Crippen LogP contribution in [0.25, 0.3) is 28.1 Å². The number of unbranched alkanes of at least 4 members (excludes halogenated alkanes) is 2. The van der Waals surface area contributed by atoms with E-state index in [-0.39, 0.29) is 40.8 Å². The Labute approximate surface area is 250 Å². The summed E-state index contributed by atoms with van der Waals surface area (Å²) in [6.45, 7) is 1.93. The van der Waals surface area contributed by atoms with E-state index in [1.807, 2.05) is 6.92 Å². The molecular formula is C33H23F11O. The van der Waals surface area contributed by atoms with Crippen molar-refractivity contribution < 1.29 is 53.0 Å². The normalized spacial score (nSPS) is 12.7. The van der Waals surface area contributed by atoms with Crippen molar-refractivity contribution in [2.24, 2.45) is 0 Å². The maximum Gasteiger partial charge on any atom is 0.426 e. The molecule has 0 heterocycles. The zero-order chi connectivity index (χ0) is 33.1. The molecule has 4 aromatic rings. The van der Waals surface area contributed by atoms with Crippen LogP contribution >= 0.6 is 0 Å². The minimum absolute atomic E-state index is 0.0419. The van der Waals surface area contributed by atoms with Crippen molar-refractivity contribution in [3.05, 3.63) is 119 Å². The van der Waals surface area contributed by atoms with Crippen LogP contribution in [0.15, 0.2) is 78.6 Å². The van der Waals surface area contributed by atoms with Crippen molar-refractivity contribution in [2.75, 3.05) is 0 Å². The van der Waals surface area contributed by atoms with Crippen LogP contribution in [0.5, 0.6) is 5.75 Å². The molecule has 0 aliphatic heterocycles. The Hall–Kier alpha value is -4.35. The first kappa shape index (κ1) is 33.5. The molecule has 0 aliphatic carbocycles. The predicted octanol–water partition coefficient (Wildman–Crippen LogP) is 11.9. The minimum atomic E-state index is -5.41. The highest BCUT2D eigenvalue weighted by atomic mass is 19.4. The van der Waals surface area contributed by atoms with Crippen molar-refractivity contribution in [3.63, 3.8) is 0 Å². The van der Waals surface area contributed by atoms with Gasteiger partial charge in [0.1, 0.15) is 40.4 Å². The van der Waals surface area contributed by atoms with E-state index in [1.54, 1.807) is 0 Å². The van der Waals surface area contributed by atoms with Gasteiger partial charge in [0.25, 0.3) is 0 Å². The average molecular weight is 645 g/mol. The van der Waals surface area contributed by atoms with Crippen LogP contribution in [0.2, 0.25) is 0 Å². The lowest BCUT2D eigenvalue weighted by atomic mass is 9.97. The molecule has 45 heavy (non-hydrogen) atoms. The smallest absolute Gasteiger partial charge is 0.426 e. The first-order chi connectivity index (χ1) is 21.1. The van der Waals surface area contributed by atoms with E-state index in [9.17, 15) is 39.5 Å². The Morgan fingerprint density at radius 1 is 0.644 bits per heavy atom. The zero-order valence-electron chi connectivity index (χ0n) is 23.3. The second-order valence-electron chi connectivity index (χ2n) is 10.0. The van der Waals surface area contributed by atoms with Gasteiger partial charge in [0.2, 0.25) is 0 Å². The standard InChI is InChI=1S/C33H23F11O/c1-2-3-4-5-24(34)31(39)20-8-6-18(7-9-20)21-14-25(35)29(26(36)15-21)19-10-12-22(13-11-19)33(43,44)45-23-16-27(37)30(28(38)17-23)32(40,41)42/h6-17H,2-5H2,1H3. The second-order valence-corrected chi connectivity index (χ2v) is 10.0. The number of benzene rings is 4. The molecule has 0 aromatic heterocycles. The fourth-order valence-electron chi connectivity index (χ4n) is 4.54. The molecule has 0 unspecified atom stereocenters. The van der Waals surface area contributed by atoms with E-state index in [4.69, 9.17) is 0 Å². The lowest BCUT2D eigenvalue weighted by Crippen LogP contribution is -2.22. The van der Waals surface area contributed by atoms with Crippen molar-refractivity contribution in [1.29, 1.82) is 0 Å². The molecule has 12 heteroatoms. The Morgan fingerprint density at radius 2 is 1.18 bits per heavy atom. The molecule has 0 saturated carbocycles. The quantitative estimate of drug-likeness (QED) is 0.123. The van der Waals surface area contributed by atoms with E-state index >= 15 is 8.78 Å². The zero-order valence-corrected chi connectivity index (χ0v) is 23.3. The third kappa shape index (κ3) is 7.66. The average Bonchev–Trinajstić information content (AvgIpc) is 2.95. The van der Waals surface area contributed by atoms with E-state index in [0.717, 1.165) is 37.1 Å². The maximum atomic E-state index is 15.1. The molecule has 0 N–H and O–H groups in total. The maximum absolute atomic E-state index is 15.1. The summed E-state index contributed by atoms with van der Waals surface area (Å²) in [7, 11) is 0. The summed E-state index contributed by atoms with van der Waals surface area (Å²) < 4.78 is 158. The van der Waals surface area contributed by atoms with Crippen molar-refractivity contribution in [2.45, 2.75) is 44.9 Å². The molecule has 0 aliphatic rings. The molecule has 0 radical (unpaired) electrons. The van der Waals surface area contributed by atoms with Crippen LogP contribution < -0.4 is 4.74 Å². The minimum Gasteiger partial charge on any atom is -0.429 e. The molecule has 1 nitrogen and oxygen atoms in total. The molecule has 238 valence electrons. The molecule has 0 spiro atoms. The van der Waals surface area contributed by atoms with Crippen LogP contribution in [0.1, 0.15) is 49.3 Å². The molecule has 4 aromatic carbocycles. The number of alkyl halides is 5. The summed E-state index contributed by atoms with van der Waals surface area (Å²) in [6.07, 6.45) is -7.70. The largest absolute Gasteiger partial charge is 0.429 e. The molecular weight excluding hydrogens is 621 g/mol. The Kier molecular flexibility index (Phi) is 9.94. The summed E-state index contributed by atoms with van der Waals surface area (Å²) in [5, 5.41) is 0. The number of ether oxygens (including phenoxy) is 1. The highest BCUT2D eigenvalue weighted by molar-refractivity contribution is 5.73. The highest BCUT2D eigenvalue weighted by Crippen LogP contribution is 2.39. The summed E-state index contributed by atoms with van der Waals surface area (Å²) in [6, 6.07) is 10.3. The van der Waals surface area contributed by atoms with Crippen LogP contribution in [-0.2, 0) is 12.3 Å². The van der Waals surface area contributed by atoms with Gasteiger partial charge in [0, 0.05) is 24.1 Å². The van der Waals surface area contributed by atoms with E-state index in [2.05, 4.69) is 4.74 Å². The van der Waals surface area contributed by atoms with E-state index in [0.29, 0.717) is 18.6 Å². The lowest BCUT2D eigenvalue weighted by Gasteiger charge is -2.19. The van der Waals surface area contributed by atoms with Gasteiger partial charge >= 0.3 is 12.3 Å². The van der Waals surface area contributed by atoms with Gasteiger partial charge in [-0.05, 0) is 47.4 Å². The van der Waals surface area contributed by atoms with Gasteiger partial charge in [0.15, 0.2) is 5.83 Å². The fourth-order valence-corrected chi connectivity index (χ4v) is 4.54. The third-order valence-corrected chi connectivity index (χ3v) is 6.81. The topological polar surface area (TPSA) is 9.23 Å². The van der Waals surface area contributed by atoms with Crippen LogP contribution in [0.4, 0.5) is 48.3 Å². The Balaban J connectivity index is 1.54. The van der Waals surface area contributed by atoms with Crippen molar-refractivity contribution in [1.82, 2.24) is 0 Å². The Morgan fingerprint density at radius 3 is 1.69 bits per heavy atom. The summed E-state index contributed by atoms with van der Waals surface area (Å²) in [4.78, 5) is 0. The van der Waals surface area contributed by atoms with Gasteiger partial charge in [-0.15, -0.1) is 0 Å². The Bertz CT molecular complexity index is 1640. The van der Waals surface area contributed by atoms with Crippen molar-refractivity contribution in [3.8, 4) is 28.0 Å². The third-order valence-electron chi connectivity index (χ3n) is 6.81. The molecule has 0 amide bonds. The summed E-state index contributed by atoms with van der Waals surface area (Å²) in [5.74, 6) is -9.63. The molecule has 0 bridgehead atoms. The number of halogens is 11. The first-order valence-corrected chi connectivity index (χ1v) is 13.5. The number of hydrogen-bond acceptors (Lipinski definition) is 1. The number of allylic oxidation sites excluding steroid dienone is 1. The van der Waals surface area contributed by atoms with Crippen LogP contribution in [0.3, 0.4) is 0 Å². The SMILES string of the molecule is CCCCCC(F)=C(F)c1ccc(-c2cc(F)c(-c3ccc(C(F)(F)Oc4cc(F)c(C(F)(F)F)c(F)c4)cc3)c(F)c2)cc1. The monoisotopic (exact) mass is 644 g/mol. The van der Waals surface area contributed by atoms with Crippen molar-refractivity contribution >= 4 is 5.83 Å². The van der Waals surface area contributed by atoms with Gasteiger partial charge < -0.3 is 4.74 Å². The van der Waals surface area contributed by atoms with Gasteiger partial charge in [-0.1, -0.05) is 56.2 Å². The van der Waals surface area contributed by atoms with Gasteiger partial charge in [-0.3, -0.25) is 0 Å². The van der Waals surface area contributed by atoms with Gasteiger partial charge in [-0.2, -0.15) is 22.0 Å². The highest BCUT2D eigenvalue weighted by Gasteiger charge is 2.40. The molecule has 0 fully saturated rings. The molecule has 4 rings (SSSR count). The molecule has 0 atom stereocenters. The fraction of sp³-hybridized carbons (Fsp3) is 0.212. The predicted molar refractivity (Wildman–Crippen MR) is 146 cm³/mol. The van der Waals surface area contributed by atoms with E-state index in [1.165, 1.54) is 24.3 Å². The summed E-state index contributed by atoms with van der Waals surface area (Å²) in [5.41, 5.74) is -3.67. The van der Waals surface area contributed by atoms with E-state index < -0.39 is 69.6 Å². The number of hydrogen-bond donors (Lipinski definition) is 0. The van der Waals surface area contributed by atoms with Crippen LogP contribution in [0, 0.1) is 23.3 Å². The summed E-state index contributed by atoms with van der Waals surface area (Å²) >= 11 is 0. The second kappa shape index (κ2) is 13.3. The van der Waals surface area contributed by atoms with Crippen LogP contribution in [-0.4, -0.2) is 0 Å². The van der Waals surface area contributed by atoms with Gasteiger partial charge in [0.05, 0.1) is 11.1 Å². The lowest BCUT2D eigenvalue weighted by molar-refractivity contribution is -0.185. The number of rotatable bonds is 10. The molecule has 0 saturated heterocycles. The van der Waals surface area contributed by atoms with Gasteiger partial charge in [-0.25, -0.2) is 26.3 Å².